The number of ether oxygens (including phenoxy) is 1. The zero-order valence-corrected chi connectivity index (χ0v) is 11.0. The molecule has 2 aromatic rings. The number of nitrogens with zero attached hydrogens (tertiary/aromatic N) is 2. The first-order chi connectivity index (χ1) is 9.36. The van der Waals surface area contributed by atoms with Crippen molar-refractivity contribution in [3.05, 3.63) is 53.6 Å². The van der Waals surface area contributed by atoms with Gasteiger partial charge in [-0.05, 0) is 24.2 Å². The highest BCUT2D eigenvalue weighted by Gasteiger charge is 2.26. The molecule has 0 bridgehead atoms. The highest BCUT2D eigenvalue weighted by molar-refractivity contribution is 5.38. The Labute approximate surface area is 112 Å². The lowest BCUT2D eigenvalue weighted by Crippen LogP contribution is -2.15. The molecule has 1 aromatic carbocycles. The van der Waals surface area contributed by atoms with Crippen LogP contribution in [0.5, 0.6) is 5.75 Å². The molecule has 1 unspecified atom stereocenters. The van der Waals surface area contributed by atoms with Gasteiger partial charge in [-0.2, -0.15) is 0 Å². The molecule has 1 N–H and O–H groups in total. The molecule has 0 spiro atoms. The van der Waals surface area contributed by atoms with Crippen molar-refractivity contribution in [2.24, 2.45) is 0 Å². The number of hydrogen-bond acceptors (Lipinski definition) is 4. The molecule has 0 saturated heterocycles. The maximum Gasteiger partial charge on any atom is 0.169 e. The van der Waals surface area contributed by atoms with Crippen LogP contribution in [0, 0.1) is 0 Å². The van der Waals surface area contributed by atoms with Crippen LogP contribution in [-0.2, 0) is 13.0 Å². The zero-order valence-electron chi connectivity index (χ0n) is 11.0. The van der Waals surface area contributed by atoms with Crippen LogP contribution in [0.25, 0.3) is 0 Å². The molecule has 0 fully saturated rings. The van der Waals surface area contributed by atoms with Crippen LogP contribution >= 0.6 is 0 Å². The fourth-order valence-corrected chi connectivity index (χ4v) is 2.25. The van der Waals surface area contributed by atoms with Crippen LogP contribution in [0.2, 0.25) is 0 Å². The lowest BCUT2D eigenvalue weighted by atomic mass is 10.1. The Morgan fingerprint density at radius 2 is 2.21 bits per heavy atom. The molecule has 0 aliphatic carbocycles. The fraction of sp³-hybridized carbons (Fsp3) is 0.333. The van der Waals surface area contributed by atoms with Crippen molar-refractivity contribution in [3.8, 4) is 5.75 Å². The average molecular weight is 255 g/mol. The second-order valence-corrected chi connectivity index (χ2v) is 4.60. The quantitative estimate of drug-likeness (QED) is 0.910. The Morgan fingerprint density at radius 1 is 1.32 bits per heavy atom. The Bertz CT molecular complexity index is 546. The minimum absolute atomic E-state index is 0.0565. The van der Waals surface area contributed by atoms with E-state index in [4.69, 9.17) is 4.74 Å². The predicted molar refractivity (Wildman–Crippen MR) is 72.9 cm³/mol. The molecule has 2 heterocycles. The van der Waals surface area contributed by atoms with Crippen LogP contribution < -0.4 is 10.1 Å². The van der Waals surface area contributed by atoms with Gasteiger partial charge in [-0.3, -0.25) is 0 Å². The number of hydrogen-bond donors (Lipinski definition) is 1. The Balaban J connectivity index is 1.77. The molecule has 1 aliphatic rings. The maximum atomic E-state index is 5.91. The van der Waals surface area contributed by atoms with E-state index in [-0.39, 0.29) is 6.10 Å². The van der Waals surface area contributed by atoms with Gasteiger partial charge in [-0.1, -0.05) is 25.1 Å². The summed E-state index contributed by atoms with van der Waals surface area (Å²) >= 11 is 0. The summed E-state index contributed by atoms with van der Waals surface area (Å²) in [5, 5.41) is 3.27. The van der Waals surface area contributed by atoms with Gasteiger partial charge < -0.3 is 10.1 Å². The molecular weight excluding hydrogens is 238 g/mol. The predicted octanol–water partition coefficient (Wildman–Crippen LogP) is 2.26. The molecule has 19 heavy (non-hydrogen) atoms. The summed E-state index contributed by atoms with van der Waals surface area (Å²) in [5.41, 5.74) is 2.24. The third-order valence-corrected chi connectivity index (χ3v) is 3.22. The molecule has 0 saturated carbocycles. The normalized spacial score (nSPS) is 17.0. The monoisotopic (exact) mass is 255 g/mol. The molecule has 1 aromatic heterocycles. The smallest absolute Gasteiger partial charge is 0.169 e. The second-order valence-electron chi connectivity index (χ2n) is 4.60. The molecule has 0 radical (unpaired) electrons. The van der Waals surface area contributed by atoms with Gasteiger partial charge in [0.2, 0.25) is 0 Å². The van der Waals surface area contributed by atoms with E-state index in [2.05, 4.69) is 28.3 Å². The van der Waals surface area contributed by atoms with Crippen molar-refractivity contribution in [2.75, 3.05) is 6.54 Å². The number of fused-ring (bicyclic) bond motifs is 1. The van der Waals surface area contributed by atoms with Crippen molar-refractivity contribution in [1.82, 2.24) is 15.3 Å². The summed E-state index contributed by atoms with van der Waals surface area (Å²) in [6.45, 7) is 3.79. The summed E-state index contributed by atoms with van der Waals surface area (Å²) in [5.74, 6) is 1.72. The minimum atomic E-state index is -0.0565. The number of nitrogens with one attached hydrogen (secondary N) is 1. The van der Waals surface area contributed by atoms with Gasteiger partial charge in [0.1, 0.15) is 5.75 Å². The van der Waals surface area contributed by atoms with Gasteiger partial charge in [0, 0.05) is 19.2 Å². The van der Waals surface area contributed by atoms with Crippen LogP contribution in [0.15, 0.2) is 36.5 Å². The van der Waals surface area contributed by atoms with E-state index >= 15 is 0 Å². The van der Waals surface area contributed by atoms with E-state index in [0.717, 1.165) is 36.8 Å². The molecule has 4 heteroatoms. The Morgan fingerprint density at radius 3 is 3.05 bits per heavy atom. The lowest BCUT2D eigenvalue weighted by Gasteiger charge is -2.10. The van der Waals surface area contributed by atoms with Crippen molar-refractivity contribution in [2.45, 2.75) is 26.0 Å². The van der Waals surface area contributed by atoms with Gasteiger partial charge in [0.05, 0.1) is 5.69 Å². The van der Waals surface area contributed by atoms with Crippen LogP contribution in [-0.4, -0.2) is 16.5 Å². The Hall–Kier alpha value is -1.94. The molecule has 4 nitrogen and oxygen atoms in total. The highest BCUT2D eigenvalue weighted by Crippen LogP contribution is 2.34. The first-order valence-corrected chi connectivity index (χ1v) is 6.64. The zero-order chi connectivity index (χ0) is 13.1. The van der Waals surface area contributed by atoms with E-state index < -0.39 is 0 Å². The van der Waals surface area contributed by atoms with Gasteiger partial charge in [0.15, 0.2) is 11.9 Å². The van der Waals surface area contributed by atoms with Gasteiger partial charge in [-0.15, -0.1) is 0 Å². The highest BCUT2D eigenvalue weighted by atomic mass is 16.5. The third-order valence-electron chi connectivity index (χ3n) is 3.22. The molecule has 0 amide bonds. The average Bonchev–Trinajstić information content (AvgIpc) is 2.89. The SMILES string of the molecule is CCNCc1ccnc(C2Cc3ccccc3O2)n1. The van der Waals surface area contributed by atoms with E-state index in [0.29, 0.717) is 0 Å². The number of rotatable bonds is 4. The molecule has 3 rings (SSSR count). The summed E-state index contributed by atoms with van der Waals surface area (Å²) in [7, 11) is 0. The van der Waals surface area contributed by atoms with Crippen molar-refractivity contribution < 1.29 is 4.74 Å². The first kappa shape index (κ1) is 12.1. The lowest BCUT2D eigenvalue weighted by molar-refractivity contribution is 0.227. The fourth-order valence-electron chi connectivity index (χ4n) is 2.25. The topological polar surface area (TPSA) is 47.0 Å². The van der Waals surface area contributed by atoms with Gasteiger partial charge >= 0.3 is 0 Å². The van der Waals surface area contributed by atoms with Crippen LogP contribution in [0.3, 0.4) is 0 Å². The Kier molecular flexibility index (Phi) is 3.42. The van der Waals surface area contributed by atoms with Crippen molar-refractivity contribution in [3.63, 3.8) is 0 Å². The van der Waals surface area contributed by atoms with Gasteiger partial charge in [-0.25, -0.2) is 9.97 Å². The van der Waals surface area contributed by atoms with E-state index in [1.807, 2.05) is 24.3 Å². The standard InChI is InChI=1S/C15H17N3O/c1-2-16-10-12-7-8-17-15(18-12)14-9-11-5-3-4-6-13(11)19-14/h3-8,14,16H,2,9-10H2,1H3. The third kappa shape index (κ3) is 2.58. The number of para-hydroxylation sites is 1. The van der Waals surface area contributed by atoms with Crippen LogP contribution in [0.1, 0.15) is 30.1 Å². The summed E-state index contributed by atoms with van der Waals surface area (Å²) in [6, 6.07) is 10.1. The van der Waals surface area contributed by atoms with E-state index in [1.54, 1.807) is 6.20 Å². The number of aromatic nitrogens is 2. The molecular formula is C15H17N3O. The minimum Gasteiger partial charge on any atom is -0.482 e. The number of benzene rings is 1. The largest absolute Gasteiger partial charge is 0.482 e. The molecule has 98 valence electrons. The summed E-state index contributed by atoms with van der Waals surface area (Å²) in [6.07, 6.45) is 2.60. The summed E-state index contributed by atoms with van der Waals surface area (Å²) in [4.78, 5) is 8.93. The van der Waals surface area contributed by atoms with Crippen LogP contribution in [0.4, 0.5) is 0 Å². The van der Waals surface area contributed by atoms with E-state index in [1.165, 1.54) is 5.56 Å². The molecule has 1 aliphatic heterocycles. The maximum absolute atomic E-state index is 5.91. The van der Waals surface area contributed by atoms with Crippen molar-refractivity contribution in [1.29, 1.82) is 0 Å². The first-order valence-electron chi connectivity index (χ1n) is 6.64. The van der Waals surface area contributed by atoms with Crippen molar-refractivity contribution >= 4 is 0 Å². The van der Waals surface area contributed by atoms with E-state index in [9.17, 15) is 0 Å². The molecule has 1 atom stereocenters. The summed E-state index contributed by atoms with van der Waals surface area (Å²) < 4.78 is 5.91. The second kappa shape index (κ2) is 5.36. The van der Waals surface area contributed by atoms with Gasteiger partial charge in [0.25, 0.3) is 0 Å².